The summed E-state index contributed by atoms with van der Waals surface area (Å²) in [7, 11) is 0. The van der Waals surface area contributed by atoms with E-state index in [1.54, 1.807) is 21.9 Å². The van der Waals surface area contributed by atoms with Crippen LogP contribution in [-0.4, -0.2) is 48.6 Å². The molecule has 1 atom stereocenters. The molecule has 3 rings (SSSR count). The molecule has 2 saturated heterocycles. The Morgan fingerprint density at radius 1 is 1.30 bits per heavy atom. The normalized spacial score (nSPS) is 25.6. The summed E-state index contributed by atoms with van der Waals surface area (Å²) in [5, 5.41) is 0.594. The van der Waals surface area contributed by atoms with Gasteiger partial charge in [0.15, 0.2) is 0 Å². The first-order chi connectivity index (χ1) is 11.0. The molecule has 6 heteroatoms. The maximum Gasteiger partial charge on any atom is 0.255 e. The second-order valence-corrected chi connectivity index (χ2v) is 6.72. The number of carbonyl (C=O) groups excluding carboxylic acids is 2. The lowest BCUT2D eigenvalue weighted by Crippen LogP contribution is -2.58. The Bertz CT molecular complexity index is 614. The summed E-state index contributed by atoms with van der Waals surface area (Å²) in [6, 6.07) is 7.21. The van der Waals surface area contributed by atoms with Crippen LogP contribution in [0, 0.1) is 0 Å². The lowest BCUT2D eigenvalue weighted by Gasteiger charge is -2.40. The molecule has 1 aromatic rings. The van der Waals surface area contributed by atoms with Crippen LogP contribution in [0.4, 0.5) is 5.69 Å². The van der Waals surface area contributed by atoms with Gasteiger partial charge in [-0.2, -0.15) is 0 Å². The number of anilines is 1. The van der Waals surface area contributed by atoms with Gasteiger partial charge < -0.3 is 14.5 Å². The lowest BCUT2D eigenvalue weighted by molar-refractivity contribution is -0.163. The molecular weight excluding hydrogens is 316 g/mol. The zero-order chi connectivity index (χ0) is 16.4. The predicted octanol–water partition coefficient (Wildman–Crippen LogP) is 2.47. The standard InChI is InChI=1S/C17H21ClN2O3/c1-17(7-2-3-10-23-17)16(22)19-8-9-20(15(21)12-19)14-6-4-5-13(18)11-14/h4-6,11H,2-3,7-10,12H2,1H3/t17-/m1/s1. The van der Waals surface area contributed by atoms with E-state index >= 15 is 0 Å². The van der Waals surface area contributed by atoms with Crippen LogP contribution in [-0.2, 0) is 14.3 Å². The van der Waals surface area contributed by atoms with Crippen molar-refractivity contribution in [2.45, 2.75) is 31.8 Å². The van der Waals surface area contributed by atoms with Gasteiger partial charge >= 0.3 is 0 Å². The van der Waals surface area contributed by atoms with Crippen LogP contribution in [0.3, 0.4) is 0 Å². The number of amides is 2. The van der Waals surface area contributed by atoms with Gasteiger partial charge in [-0.25, -0.2) is 0 Å². The zero-order valence-corrected chi connectivity index (χ0v) is 14.0. The summed E-state index contributed by atoms with van der Waals surface area (Å²) < 4.78 is 5.71. The maximum atomic E-state index is 12.7. The molecule has 2 amide bonds. The molecule has 0 aromatic heterocycles. The number of hydrogen-bond donors (Lipinski definition) is 0. The highest BCUT2D eigenvalue weighted by Crippen LogP contribution is 2.28. The molecule has 0 bridgehead atoms. The van der Waals surface area contributed by atoms with Gasteiger partial charge in [0.25, 0.3) is 5.91 Å². The van der Waals surface area contributed by atoms with Crippen molar-refractivity contribution in [2.75, 3.05) is 31.1 Å². The topological polar surface area (TPSA) is 49.9 Å². The molecule has 0 unspecified atom stereocenters. The number of hydrogen-bond acceptors (Lipinski definition) is 3. The van der Waals surface area contributed by atoms with E-state index in [9.17, 15) is 9.59 Å². The molecule has 2 fully saturated rings. The fourth-order valence-corrected chi connectivity index (χ4v) is 3.39. The summed E-state index contributed by atoms with van der Waals surface area (Å²) in [5.41, 5.74) is -0.00810. The van der Waals surface area contributed by atoms with Crippen LogP contribution in [0.25, 0.3) is 0 Å². The van der Waals surface area contributed by atoms with E-state index in [0.29, 0.717) is 31.1 Å². The lowest BCUT2D eigenvalue weighted by atomic mass is 9.94. The molecule has 2 aliphatic rings. The van der Waals surface area contributed by atoms with E-state index in [2.05, 4.69) is 0 Å². The molecular formula is C17H21ClN2O3. The highest BCUT2D eigenvalue weighted by molar-refractivity contribution is 6.30. The van der Waals surface area contributed by atoms with Crippen LogP contribution >= 0.6 is 11.6 Å². The van der Waals surface area contributed by atoms with Crippen LogP contribution in [0.1, 0.15) is 26.2 Å². The number of piperazine rings is 1. The summed E-state index contributed by atoms with van der Waals surface area (Å²) in [6.45, 7) is 3.52. The molecule has 0 radical (unpaired) electrons. The first kappa shape index (κ1) is 16.3. The fraction of sp³-hybridized carbons (Fsp3) is 0.529. The molecule has 2 aliphatic heterocycles. The van der Waals surface area contributed by atoms with E-state index in [4.69, 9.17) is 16.3 Å². The Morgan fingerprint density at radius 2 is 2.13 bits per heavy atom. The van der Waals surface area contributed by atoms with Gasteiger partial charge in [-0.15, -0.1) is 0 Å². The smallest absolute Gasteiger partial charge is 0.255 e. The summed E-state index contributed by atoms with van der Waals surface area (Å²) in [6.07, 6.45) is 2.69. The molecule has 124 valence electrons. The van der Waals surface area contributed by atoms with Crippen molar-refractivity contribution in [3.05, 3.63) is 29.3 Å². The van der Waals surface area contributed by atoms with Crippen molar-refractivity contribution in [1.82, 2.24) is 4.90 Å². The van der Waals surface area contributed by atoms with Crippen molar-refractivity contribution in [1.29, 1.82) is 0 Å². The van der Waals surface area contributed by atoms with Crippen molar-refractivity contribution >= 4 is 29.1 Å². The summed E-state index contributed by atoms with van der Waals surface area (Å²) >= 11 is 5.99. The second kappa shape index (κ2) is 6.49. The summed E-state index contributed by atoms with van der Waals surface area (Å²) in [4.78, 5) is 28.5. The fourth-order valence-electron chi connectivity index (χ4n) is 3.20. The average Bonchev–Trinajstić information content (AvgIpc) is 2.54. The highest BCUT2D eigenvalue weighted by Gasteiger charge is 2.41. The van der Waals surface area contributed by atoms with E-state index in [0.717, 1.165) is 18.5 Å². The van der Waals surface area contributed by atoms with E-state index in [-0.39, 0.29) is 18.4 Å². The SMILES string of the molecule is C[C@]1(C(=O)N2CCN(c3cccc(Cl)c3)C(=O)C2)CCCCO1. The quantitative estimate of drug-likeness (QED) is 0.833. The zero-order valence-electron chi connectivity index (χ0n) is 13.3. The number of carbonyl (C=O) groups is 2. The minimum absolute atomic E-state index is 0.0729. The molecule has 2 heterocycles. The van der Waals surface area contributed by atoms with Gasteiger partial charge in [0.05, 0.1) is 0 Å². The van der Waals surface area contributed by atoms with Crippen molar-refractivity contribution in [3.63, 3.8) is 0 Å². The molecule has 23 heavy (non-hydrogen) atoms. The molecule has 1 aromatic carbocycles. The predicted molar refractivity (Wildman–Crippen MR) is 88.6 cm³/mol. The van der Waals surface area contributed by atoms with Gasteiger partial charge in [0.2, 0.25) is 5.91 Å². The van der Waals surface area contributed by atoms with Crippen LogP contribution in [0.5, 0.6) is 0 Å². The van der Waals surface area contributed by atoms with E-state index in [1.165, 1.54) is 0 Å². The molecule has 5 nitrogen and oxygen atoms in total. The highest BCUT2D eigenvalue weighted by atomic mass is 35.5. The molecule has 0 spiro atoms. The number of ether oxygens (including phenoxy) is 1. The van der Waals surface area contributed by atoms with E-state index < -0.39 is 5.60 Å². The maximum absolute atomic E-state index is 12.7. The third-order valence-corrected chi connectivity index (χ3v) is 4.78. The molecule has 0 aliphatic carbocycles. The third kappa shape index (κ3) is 3.35. The number of benzene rings is 1. The number of rotatable bonds is 2. The minimum Gasteiger partial charge on any atom is -0.365 e. The average molecular weight is 337 g/mol. The summed E-state index contributed by atoms with van der Waals surface area (Å²) in [5.74, 6) is -0.164. The van der Waals surface area contributed by atoms with Crippen molar-refractivity contribution in [2.24, 2.45) is 0 Å². The Hall–Kier alpha value is -1.59. The second-order valence-electron chi connectivity index (χ2n) is 6.29. The minimum atomic E-state index is -0.781. The van der Waals surface area contributed by atoms with E-state index in [1.807, 2.05) is 19.1 Å². The Balaban J connectivity index is 1.69. The number of halogens is 1. The first-order valence-electron chi connectivity index (χ1n) is 7.99. The van der Waals surface area contributed by atoms with Crippen LogP contribution in [0.2, 0.25) is 5.02 Å². The Labute approximate surface area is 141 Å². The van der Waals surface area contributed by atoms with Gasteiger partial charge in [0, 0.05) is 30.4 Å². The van der Waals surface area contributed by atoms with Gasteiger partial charge in [0.1, 0.15) is 12.1 Å². The Kier molecular flexibility index (Phi) is 4.60. The van der Waals surface area contributed by atoms with Gasteiger partial charge in [-0.1, -0.05) is 17.7 Å². The van der Waals surface area contributed by atoms with Crippen molar-refractivity contribution in [3.8, 4) is 0 Å². The third-order valence-electron chi connectivity index (χ3n) is 4.55. The van der Waals surface area contributed by atoms with Gasteiger partial charge in [-0.05, 0) is 44.4 Å². The first-order valence-corrected chi connectivity index (χ1v) is 8.37. The Morgan fingerprint density at radius 3 is 2.78 bits per heavy atom. The van der Waals surface area contributed by atoms with Gasteiger partial charge in [-0.3, -0.25) is 9.59 Å². The van der Waals surface area contributed by atoms with Crippen LogP contribution < -0.4 is 4.90 Å². The number of nitrogens with zero attached hydrogens (tertiary/aromatic N) is 2. The largest absolute Gasteiger partial charge is 0.365 e. The monoisotopic (exact) mass is 336 g/mol. The van der Waals surface area contributed by atoms with Crippen LogP contribution in [0.15, 0.2) is 24.3 Å². The molecule has 0 N–H and O–H groups in total. The molecule has 0 saturated carbocycles. The van der Waals surface area contributed by atoms with Crippen molar-refractivity contribution < 1.29 is 14.3 Å².